The van der Waals surface area contributed by atoms with Crippen molar-refractivity contribution in [2.24, 2.45) is 0 Å². The molecule has 0 bridgehead atoms. The number of carbonyl (C=O) groups is 1. The first-order valence-corrected chi connectivity index (χ1v) is 12.2. The third kappa shape index (κ3) is 6.20. The number of fused-ring (bicyclic) bond motifs is 1. The van der Waals surface area contributed by atoms with E-state index in [9.17, 15) is 26.7 Å². The second-order valence-electron chi connectivity index (χ2n) is 8.72. The molecule has 1 aromatic carbocycles. The van der Waals surface area contributed by atoms with Crippen molar-refractivity contribution in [2.45, 2.75) is 26.1 Å². The number of aryl methyl sites for hydroxylation is 2. The van der Waals surface area contributed by atoms with Crippen molar-refractivity contribution in [3.05, 3.63) is 59.6 Å². The lowest BCUT2D eigenvalue weighted by Gasteiger charge is -2.13. The van der Waals surface area contributed by atoms with Crippen LogP contribution in [0.5, 0.6) is 0 Å². The van der Waals surface area contributed by atoms with Gasteiger partial charge in [-0.3, -0.25) is 13.9 Å². The van der Waals surface area contributed by atoms with E-state index in [1.165, 1.54) is 23.0 Å². The fourth-order valence-electron chi connectivity index (χ4n) is 4.13. The Hall–Kier alpha value is -4.51. The minimum absolute atomic E-state index is 0.0572. The van der Waals surface area contributed by atoms with Crippen LogP contribution in [0.2, 0.25) is 0 Å². The first kappa shape index (κ1) is 28.5. The molecule has 0 saturated carbocycles. The highest BCUT2D eigenvalue weighted by atomic mass is 19.4. The van der Waals surface area contributed by atoms with E-state index in [4.69, 9.17) is 6.42 Å². The number of nitrogens with one attached hydrogen (secondary N) is 3. The first-order chi connectivity index (χ1) is 19.1. The number of amides is 1. The van der Waals surface area contributed by atoms with Gasteiger partial charge in [-0.15, -0.1) is 6.42 Å². The Morgan fingerprint density at radius 2 is 2.00 bits per heavy atom. The van der Waals surface area contributed by atoms with E-state index in [1.54, 1.807) is 13.0 Å². The lowest BCUT2D eigenvalue weighted by Crippen LogP contribution is -2.28. The summed E-state index contributed by atoms with van der Waals surface area (Å²) in [7, 11) is 0. The molecule has 210 valence electrons. The number of carbonyl (C=O) groups excluding carboxylic acids is 1. The standard InChI is InChI=1S/C26H25F5N8O/c1-3-6-32-7-4-8-34-25(40)21-16(2)12-17(13-19(21)28)36-23-24-35-14-20(39(24)11-9-33-23)18-15-38(10-5-27)37-22(18)26(29,30)31/h1,9,11-15,32H,4-8,10H2,2H3,(H,33,36)(H,34,40). The Kier molecular flexibility index (Phi) is 8.64. The summed E-state index contributed by atoms with van der Waals surface area (Å²) in [6.07, 6.45) is 6.06. The Labute approximate surface area is 225 Å². The van der Waals surface area contributed by atoms with Gasteiger partial charge >= 0.3 is 6.18 Å². The lowest BCUT2D eigenvalue weighted by molar-refractivity contribution is -0.141. The van der Waals surface area contributed by atoms with Gasteiger partial charge in [0.2, 0.25) is 0 Å². The number of hydrogen-bond donors (Lipinski definition) is 3. The topological polar surface area (TPSA) is 101 Å². The molecule has 1 amide bonds. The van der Waals surface area contributed by atoms with E-state index in [-0.39, 0.29) is 40.5 Å². The van der Waals surface area contributed by atoms with Crippen molar-refractivity contribution >= 4 is 23.1 Å². The fraction of sp³-hybridized carbons (Fsp3) is 0.308. The van der Waals surface area contributed by atoms with Crippen LogP contribution in [-0.2, 0) is 12.7 Å². The molecule has 0 atom stereocenters. The molecule has 3 heterocycles. The largest absolute Gasteiger partial charge is 0.435 e. The molecule has 0 unspecified atom stereocenters. The molecule has 4 aromatic rings. The normalized spacial score (nSPS) is 11.5. The van der Waals surface area contributed by atoms with Crippen molar-refractivity contribution in [1.29, 1.82) is 0 Å². The minimum Gasteiger partial charge on any atom is -0.352 e. The number of alkyl halides is 4. The smallest absolute Gasteiger partial charge is 0.352 e. The first-order valence-electron chi connectivity index (χ1n) is 12.2. The van der Waals surface area contributed by atoms with E-state index < -0.39 is 30.3 Å². The average Bonchev–Trinajstić information content (AvgIpc) is 3.51. The molecular weight excluding hydrogens is 535 g/mol. The molecular formula is C26H25F5N8O. The minimum atomic E-state index is -4.78. The Morgan fingerprint density at radius 3 is 2.70 bits per heavy atom. The second kappa shape index (κ2) is 12.1. The number of benzene rings is 1. The zero-order valence-corrected chi connectivity index (χ0v) is 21.3. The van der Waals surface area contributed by atoms with Crippen LogP contribution >= 0.6 is 0 Å². The highest BCUT2D eigenvalue weighted by Crippen LogP contribution is 2.37. The number of anilines is 2. The molecule has 0 aliphatic carbocycles. The highest BCUT2D eigenvalue weighted by molar-refractivity contribution is 5.96. The maximum Gasteiger partial charge on any atom is 0.435 e. The van der Waals surface area contributed by atoms with Gasteiger partial charge in [-0.25, -0.2) is 18.7 Å². The highest BCUT2D eigenvalue weighted by Gasteiger charge is 2.38. The Bertz CT molecular complexity index is 1530. The molecule has 3 aromatic heterocycles. The molecule has 0 saturated heterocycles. The summed E-state index contributed by atoms with van der Waals surface area (Å²) in [5.74, 6) is 1.24. The van der Waals surface area contributed by atoms with Crippen molar-refractivity contribution in [3.8, 4) is 23.6 Å². The Morgan fingerprint density at radius 1 is 1.20 bits per heavy atom. The van der Waals surface area contributed by atoms with Crippen molar-refractivity contribution < 1.29 is 26.7 Å². The molecule has 4 rings (SSSR count). The number of nitrogens with zero attached hydrogens (tertiary/aromatic N) is 5. The maximum atomic E-state index is 15.0. The molecule has 40 heavy (non-hydrogen) atoms. The number of halogens is 5. The number of imidazole rings is 1. The zero-order chi connectivity index (χ0) is 28.9. The van der Waals surface area contributed by atoms with Crippen LogP contribution in [0.3, 0.4) is 0 Å². The summed E-state index contributed by atoms with van der Waals surface area (Å²) in [5.41, 5.74) is -0.747. The van der Waals surface area contributed by atoms with Gasteiger partial charge in [0, 0.05) is 30.8 Å². The van der Waals surface area contributed by atoms with Crippen molar-refractivity contribution in [2.75, 3.05) is 31.6 Å². The second-order valence-corrected chi connectivity index (χ2v) is 8.72. The zero-order valence-electron chi connectivity index (χ0n) is 21.3. The molecule has 0 radical (unpaired) electrons. The van der Waals surface area contributed by atoms with Gasteiger partial charge in [-0.2, -0.15) is 18.3 Å². The van der Waals surface area contributed by atoms with Crippen molar-refractivity contribution in [3.63, 3.8) is 0 Å². The van der Waals surface area contributed by atoms with Crippen LogP contribution in [-0.4, -0.2) is 56.4 Å². The van der Waals surface area contributed by atoms with Crippen LogP contribution in [0.4, 0.5) is 33.5 Å². The maximum absolute atomic E-state index is 15.0. The molecule has 9 nitrogen and oxygen atoms in total. The SMILES string of the molecule is C#CCNCCCNC(=O)c1c(C)cc(Nc2nccn3c(-c4cn(CCF)nc4C(F)(F)F)cnc23)cc1F. The van der Waals surface area contributed by atoms with Gasteiger partial charge in [0.05, 0.1) is 36.1 Å². The van der Waals surface area contributed by atoms with Crippen molar-refractivity contribution in [1.82, 2.24) is 34.8 Å². The van der Waals surface area contributed by atoms with E-state index in [0.717, 1.165) is 16.9 Å². The average molecular weight is 561 g/mol. The Balaban J connectivity index is 1.57. The summed E-state index contributed by atoms with van der Waals surface area (Å²) < 4.78 is 71.0. The van der Waals surface area contributed by atoms with E-state index in [1.807, 2.05) is 0 Å². The molecule has 3 N–H and O–H groups in total. The molecule has 0 fully saturated rings. The number of rotatable bonds is 11. The van der Waals surface area contributed by atoms with Gasteiger partial charge in [0.15, 0.2) is 17.2 Å². The van der Waals surface area contributed by atoms with Crippen LogP contribution in [0.1, 0.15) is 28.0 Å². The summed E-state index contributed by atoms with van der Waals surface area (Å²) in [6.45, 7) is 1.69. The monoisotopic (exact) mass is 560 g/mol. The van der Waals surface area contributed by atoms with Crippen LogP contribution in [0.15, 0.2) is 36.9 Å². The quantitative estimate of drug-likeness (QED) is 0.145. The predicted molar refractivity (Wildman–Crippen MR) is 138 cm³/mol. The van der Waals surface area contributed by atoms with E-state index >= 15 is 0 Å². The summed E-state index contributed by atoms with van der Waals surface area (Å²) in [5, 5.41) is 12.1. The molecule has 0 spiro atoms. The van der Waals surface area contributed by atoms with E-state index in [0.29, 0.717) is 31.6 Å². The van der Waals surface area contributed by atoms with Gasteiger partial charge < -0.3 is 16.0 Å². The predicted octanol–water partition coefficient (Wildman–Crippen LogP) is 4.11. The molecule has 0 aliphatic heterocycles. The van der Waals surface area contributed by atoms with E-state index in [2.05, 4.69) is 36.9 Å². The van der Waals surface area contributed by atoms with Crippen LogP contribution < -0.4 is 16.0 Å². The molecule has 0 aliphatic rings. The summed E-state index contributed by atoms with van der Waals surface area (Å²) in [6, 6.07) is 2.67. The number of aromatic nitrogens is 5. The summed E-state index contributed by atoms with van der Waals surface area (Å²) >= 11 is 0. The lowest BCUT2D eigenvalue weighted by atomic mass is 10.1. The van der Waals surface area contributed by atoms with Gasteiger partial charge in [0.25, 0.3) is 5.91 Å². The van der Waals surface area contributed by atoms with Gasteiger partial charge in [-0.05, 0) is 37.6 Å². The fourth-order valence-corrected chi connectivity index (χ4v) is 4.13. The van der Waals surface area contributed by atoms with Gasteiger partial charge in [-0.1, -0.05) is 5.92 Å². The van der Waals surface area contributed by atoms with Gasteiger partial charge in [0.1, 0.15) is 12.5 Å². The number of terminal acetylenes is 1. The molecule has 14 heteroatoms. The van der Waals surface area contributed by atoms with Crippen LogP contribution in [0.25, 0.3) is 16.9 Å². The third-order valence-electron chi connectivity index (χ3n) is 5.87. The third-order valence-corrected chi connectivity index (χ3v) is 5.87. The van der Waals surface area contributed by atoms with Crippen LogP contribution in [0, 0.1) is 25.1 Å². The summed E-state index contributed by atoms with van der Waals surface area (Å²) in [4.78, 5) is 20.9. The number of hydrogen-bond acceptors (Lipinski definition) is 6.